The molecule has 0 aliphatic heterocycles. The third kappa shape index (κ3) is 2.97. The van der Waals surface area contributed by atoms with Crippen LogP contribution >= 0.6 is 0 Å². The van der Waals surface area contributed by atoms with Gasteiger partial charge in [-0.3, -0.25) is 0 Å². The Morgan fingerprint density at radius 3 is 2.24 bits per heavy atom. The fourth-order valence-electron chi connectivity index (χ4n) is 2.14. The summed E-state index contributed by atoms with van der Waals surface area (Å²) in [5, 5.41) is 0. The van der Waals surface area contributed by atoms with E-state index in [1.807, 2.05) is 0 Å². The number of benzene rings is 2. The number of hydrogen-bond acceptors (Lipinski definition) is 3. The molecule has 0 fully saturated rings. The maximum atomic E-state index is 13.9. The molecule has 0 saturated carbocycles. The van der Waals surface area contributed by atoms with Crippen molar-refractivity contribution in [1.29, 1.82) is 0 Å². The Balaban J connectivity index is 2.45. The summed E-state index contributed by atoms with van der Waals surface area (Å²) in [6.45, 7) is 1.57. The molecule has 2 N–H and O–H groups in total. The largest absolute Gasteiger partial charge is 0.493 e. The SMILES string of the molecule is COc1ccc(C(N)c2cc(C)c(F)cc2F)cc1OC. The Hall–Kier alpha value is -2.14. The zero-order valence-electron chi connectivity index (χ0n) is 12.1. The molecule has 0 radical (unpaired) electrons. The molecular formula is C16H17F2NO2. The molecule has 0 saturated heterocycles. The van der Waals surface area contributed by atoms with Gasteiger partial charge in [0.1, 0.15) is 11.6 Å². The fourth-order valence-corrected chi connectivity index (χ4v) is 2.14. The molecule has 112 valence electrons. The molecule has 0 aliphatic carbocycles. The van der Waals surface area contributed by atoms with Crippen LogP contribution in [-0.4, -0.2) is 14.2 Å². The van der Waals surface area contributed by atoms with Gasteiger partial charge in [-0.1, -0.05) is 6.07 Å². The van der Waals surface area contributed by atoms with Gasteiger partial charge in [-0.05, 0) is 36.2 Å². The smallest absolute Gasteiger partial charge is 0.161 e. The van der Waals surface area contributed by atoms with E-state index in [-0.39, 0.29) is 5.56 Å². The van der Waals surface area contributed by atoms with Crippen molar-refractivity contribution >= 4 is 0 Å². The summed E-state index contributed by atoms with van der Waals surface area (Å²) in [6.07, 6.45) is 0. The maximum Gasteiger partial charge on any atom is 0.161 e. The van der Waals surface area contributed by atoms with E-state index in [1.54, 1.807) is 25.1 Å². The predicted octanol–water partition coefficient (Wildman–Crippen LogP) is 3.34. The Bertz CT molecular complexity index is 659. The Morgan fingerprint density at radius 2 is 1.62 bits per heavy atom. The number of halogens is 2. The first kappa shape index (κ1) is 15.3. The van der Waals surface area contributed by atoms with Gasteiger partial charge in [-0.15, -0.1) is 0 Å². The average molecular weight is 293 g/mol. The van der Waals surface area contributed by atoms with Crippen molar-refractivity contribution in [3.05, 3.63) is 58.7 Å². The quantitative estimate of drug-likeness (QED) is 0.940. The van der Waals surface area contributed by atoms with Gasteiger partial charge in [0, 0.05) is 11.6 Å². The van der Waals surface area contributed by atoms with E-state index in [0.717, 1.165) is 6.07 Å². The second-order valence-electron chi connectivity index (χ2n) is 4.71. The lowest BCUT2D eigenvalue weighted by atomic mass is 9.97. The van der Waals surface area contributed by atoms with Crippen LogP contribution in [0.15, 0.2) is 30.3 Å². The normalized spacial score (nSPS) is 12.1. The molecule has 0 aromatic heterocycles. The molecule has 0 bridgehead atoms. The van der Waals surface area contributed by atoms with Crippen LogP contribution in [0, 0.1) is 18.6 Å². The van der Waals surface area contributed by atoms with Crippen LogP contribution in [0.4, 0.5) is 8.78 Å². The molecule has 3 nitrogen and oxygen atoms in total. The molecule has 2 aromatic carbocycles. The minimum atomic E-state index is -0.718. The van der Waals surface area contributed by atoms with E-state index in [9.17, 15) is 8.78 Å². The summed E-state index contributed by atoms with van der Waals surface area (Å²) in [5.41, 5.74) is 7.33. The van der Waals surface area contributed by atoms with Gasteiger partial charge < -0.3 is 15.2 Å². The number of hydrogen-bond donors (Lipinski definition) is 1. The lowest BCUT2D eigenvalue weighted by Gasteiger charge is -2.16. The minimum absolute atomic E-state index is 0.237. The van der Waals surface area contributed by atoms with Crippen molar-refractivity contribution in [2.75, 3.05) is 14.2 Å². The fraction of sp³-hybridized carbons (Fsp3) is 0.250. The van der Waals surface area contributed by atoms with Crippen LogP contribution in [0.2, 0.25) is 0 Å². The number of aryl methyl sites for hydroxylation is 1. The molecule has 21 heavy (non-hydrogen) atoms. The lowest BCUT2D eigenvalue weighted by Crippen LogP contribution is -2.14. The number of rotatable bonds is 4. The lowest BCUT2D eigenvalue weighted by molar-refractivity contribution is 0.354. The Labute approximate surface area is 122 Å². The third-order valence-corrected chi connectivity index (χ3v) is 3.38. The number of ether oxygens (including phenoxy) is 2. The summed E-state index contributed by atoms with van der Waals surface area (Å²) in [4.78, 5) is 0. The van der Waals surface area contributed by atoms with Crippen molar-refractivity contribution in [2.24, 2.45) is 5.73 Å². The highest BCUT2D eigenvalue weighted by atomic mass is 19.1. The highest BCUT2D eigenvalue weighted by Crippen LogP contribution is 2.32. The summed E-state index contributed by atoms with van der Waals surface area (Å²) in [7, 11) is 3.04. The second kappa shape index (κ2) is 6.10. The minimum Gasteiger partial charge on any atom is -0.493 e. The van der Waals surface area contributed by atoms with Gasteiger partial charge in [-0.25, -0.2) is 8.78 Å². The van der Waals surface area contributed by atoms with Crippen LogP contribution in [-0.2, 0) is 0 Å². The van der Waals surface area contributed by atoms with Gasteiger partial charge in [-0.2, -0.15) is 0 Å². The predicted molar refractivity (Wildman–Crippen MR) is 76.7 cm³/mol. The molecule has 1 unspecified atom stereocenters. The monoisotopic (exact) mass is 293 g/mol. The molecule has 0 heterocycles. The maximum absolute atomic E-state index is 13.9. The third-order valence-electron chi connectivity index (χ3n) is 3.38. The Morgan fingerprint density at radius 1 is 0.952 bits per heavy atom. The van der Waals surface area contributed by atoms with Crippen molar-refractivity contribution < 1.29 is 18.3 Å². The van der Waals surface area contributed by atoms with Crippen LogP contribution < -0.4 is 15.2 Å². The van der Waals surface area contributed by atoms with E-state index >= 15 is 0 Å². The van der Waals surface area contributed by atoms with Crippen molar-refractivity contribution in [3.63, 3.8) is 0 Å². The average Bonchev–Trinajstić information content (AvgIpc) is 2.49. The summed E-state index contributed by atoms with van der Waals surface area (Å²) in [6, 6.07) is 6.66. The van der Waals surface area contributed by atoms with Crippen molar-refractivity contribution in [3.8, 4) is 11.5 Å². The molecule has 5 heteroatoms. The zero-order valence-corrected chi connectivity index (χ0v) is 12.1. The highest BCUT2D eigenvalue weighted by Gasteiger charge is 2.17. The van der Waals surface area contributed by atoms with Gasteiger partial charge >= 0.3 is 0 Å². The zero-order chi connectivity index (χ0) is 15.6. The van der Waals surface area contributed by atoms with E-state index in [4.69, 9.17) is 15.2 Å². The molecule has 2 aromatic rings. The Kier molecular flexibility index (Phi) is 4.43. The summed E-state index contributed by atoms with van der Waals surface area (Å²) >= 11 is 0. The van der Waals surface area contributed by atoms with Gasteiger partial charge in [0.2, 0.25) is 0 Å². The van der Waals surface area contributed by atoms with Crippen LogP contribution in [0.3, 0.4) is 0 Å². The summed E-state index contributed by atoms with van der Waals surface area (Å²) in [5.74, 6) is -0.190. The van der Waals surface area contributed by atoms with Gasteiger partial charge in [0.15, 0.2) is 11.5 Å². The van der Waals surface area contributed by atoms with Gasteiger partial charge in [0.25, 0.3) is 0 Å². The molecule has 2 rings (SSSR count). The summed E-state index contributed by atoms with van der Waals surface area (Å²) < 4.78 is 37.6. The van der Waals surface area contributed by atoms with Crippen molar-refractivity contribution in [1.82, 2.24) is 0 Å². The molecular weight excluding hydrogens is 276 g/mol. The first-order chi connectivity index (χ1) is 9.97. The number of methoxy groups -OCH3 is 2. The molecule has 0 spiro atoms. The molecule has 1 atom stereocenters. The standard InChI is InChI=1S/C16H17F2NO2/c1-9-6-11(13(18)8-12(9)17)16(19)10-4-5-14(20-2)15(7-10)21-3/h4-8,16H,19H2,1-3H3. The van der Waals surface area contributed by atoms with Crippen LogP contribution in [0.1, 0.15) is 22.7 Å². The van der Waals surface area contributed by atoms with E-state index in [1.165, 1.54) is 20.3 Å². The molecule has 0 aliphatic rings. The topological polar surface area (TPSA) is 44.5 Å². The van der Waals surface area contributed by atoms with E-state index < -0.39 is 17.7 Å². The first-order valence-corrected chi connectivity index (χ1v) is 6.41. The van der Waals surface area contributed by atoms with Crippen molar-refractivity contribution in [2.45, 2.75) is 13.0 Å². The number of nitrogens with two attached hydrogens (primary N) is 1. The first-order valence-electron chi connectivity index (χ1n) is 6.41. The van der Waals surface area contributed by atoms with Crippen LogP contribution in [0.25, 0.3) is 0 Å². The van der Waals surface area contributed by atoms with E-state index in [0.29, 0.717) is 22.6 Å². The van der Waals surface area contributed by atoms with Gasteiger partial charge in [0.05, 0.1) is 20.3 Å². The van der Waals surface area contributed by atoms with Crippen LogP contribution in [0.5, 0.6) is 11.5 Å². The van der Waals surface area contributed by atoms with E-state index in [2.05, 4.69) is 0 Å². The highest BCUT2D eigenvalue weighted by molar-refractivity contribution is 5.46. The second-order valence-corrected chi connectivity index (χ2v) is 4.71. The molecule has 0 amide bonds.